The monoisotopic (exact) mass is 271 g/mol. The molecular weight excluding hydrogens is 257 g/mol. The Hall–Kier alpha value is -2.38. The van der Waals surface area contributed by atoms with E-state index in [-0.39, 0.29) is 12.2 Å². The lowest BCUT2D eigenvalue weighted by Gasteiger charge is -2.10. The zero-order chi connectivity index (χ0) is 14.5. The highest BCUT2D eigenvalue weighted by Gasteiger charge is 2.09. The van der Waals surface area contributed by atoms with Crippen LogP contribution in [0.2, 0.25) is 0 Å². The van der Waals surface area contributed by atoms with Gasteiger partial charge in [-0.3, -0.25) is 0 Å². The molecule has 1 atom stereocenters. The van der Waals surface area contributed by atoms with E-state index in [9.17, 15) is 9.50 Å². The summed E-state index contributed by atoms with van der Waals surface area (Å²) < 4.78 is 19.2. The predicted molar refractivity (Wildman–Crippen MR) is 72.5 cm³/mol. The van der Waals surface area contributed by atoms with Gasteiger partial charge < -0.3 is 9.84 Å². The summed E-state index contributed by atoms with van der Waals surface area (Å²) in [5, 5.41) is 18.3. The summed E-state index contributed by atoms with van der Waals surface area (Å²) >= 11 is 0. The van der Waals surface area contributed by atoms with Crippen LogP contribution in [0.4, 0.5) is 4.39 Å². The molecule has 0 aliphatic rings. The quantitative estimate of drug-likeness (QED) is 0.928. The number of ether oxygens (including phenoxy) is 1. The Kier molecular flexibility index (Phi) is 4.34. The van der Waals surface area contributed by atoms with Crippen molar-refractivity contribution < 1.29 is 14.2 Å². The lowest BCUT2D eigenvalue weighted by Crippen LogP contribution is -2.00. The SMILES string of the molecule is C[C@@H](O)c1ccc(OCc2ccccc2C#N)cc1F. The molecule has 2 aromatic rings. The zero-order valence-electron chi connectivity index (χ0n) is 11.0. The van der Waals surface area contributed by atoms with Gasteiger partial charge in [-0.05, 0) is 25.1 Å². The summed E-state index contributed by atoms with van der Waals surface area (Å²) in [6.45, 7) is 1.69. The number of benzene rings is 2. The van der Waals surface area contributed by atoms with Crippen LogP contribution in [0.3, 0.4) is 0 Å². The van der Waals surface area contributed by atoms with Gasteiger partial charge in [0.2, 0.25) is 0 Å². The molecule has 0 unspecified atom stereocenters. The van der Waals surface area contributed by atoms with Gasteiger partial charge in [-0.25, -0.2) is 4.39 Å². The van der Waals surface area contributed by atoms with Gasteiger partial charge in [0, 0.05) is 17.2 Å². The normalized spacial score (nSPS) is 11.7. The van der Waals surface area contributed by atoms with Gasteiger partial charge in [-0.1, -0.05) is 18.2 Å². The fraction of sp³-hybridized carbons (Fsp3) is 0.188. The first-order valence-electron chi connectivity index (χ1n) is 6.20. The topological polar surface area (TPSA) is 53.2 Å². The van der Waals surface area contributed by atoms with Crippen molar-refractivity contribution in [1.29, 1.82) is 5.26 Å². The van der Waals surface area contributed by atoms with Crippen molar-refractivity contribution in [2.24, 2.45) is 0 Å². The number of hydrogen-bond acceptors (Lipinski definition) is 3. The number of hydrogen-bond donors (Lipinski definition) is 1. The maximum absolute atomic E-state index is 13.7. The smallest absolute Gasteiger partial charge is 0.132 e. The molecule has 0 radical (unpaired) electrons. The van der Waals surface area contributed by atoms with Gasteiger partial charge >= 0.3 is 0 Å². The third-order valence-electron chi connectivity index (χ3n) is 2.95. The minimum absolute atomic E-state index is 0.192. The third kappa shape index (κ3) is 3.14. The maximum atomic E-state index is 13.7. The van der Waals surface area contributed by atoms with Crippen molar-refractivity contribution in [2.45, 2.75) is 19.6 Å². The van der Waals surface area contributed by atoms with Crippen molar-refractivity contribution in [3.05, 3.63) is 65.0 Å². The van der Waals surface area contributed by atoms with Gasteiger partial charge in [-0.15, -0.1) is 0 Å². The highest BCUT2D eigenvalue weighted by molar-refractivity contribution is 5.37. The van der Waals surface area contributed by atoms with E-state index in [1.807, 2.05) is 6.07 Å². The van der Waals surface area contributed by atoms with Crippen LogP contribution in [0.15, 0.2) is 42.5 Å². The zero-order valence-corrected chi connectivity index (χ0v) is 11.0. The van der Waals surface area contributed by atoms with Crippen LogP contribution in [0, 0.1) is 17.1 Å². The van der Waals surface area contributed by atoms with Gasteiger partial charge in [0.15, 0.2) is 0 Å². The third-order valence-corrected chi connectivity index (χ3v) is 2.95. The highest BCUT2D eigenvalue weighted by Crippen LogP contribution is 2.22. The molecule has 2 rings (SSSR count). The van der Waals surface area contributed by atoms with Crippen molar-refractivity contribution in [1.82, 2.24) is 0 Å². The lowest BCUT2D eigenvalue weighted by molar-refractivity contribution is 0.194. The van der Waals surface area contributed by atoms with E-state index >= 15 is 0 Å². The number of halogens is 1. The molecule has 0 bridgehead atoms. The number of nitrogens with zero attached hydrogens (tertiary/aromatic N) is 1. The first-order chi connectivity index (χ1) is 9.61. The van der Waals surface area contributed by atoms with E-state index in [1.54, 1.807) is 24.3 Å². The molecule has 1 N–H and O–H groups in total. The van der Waals surface area contributed by atoms with Gasteiger partial charge in [-0.2, -0.15) is 5.26 Å². The van der Waals surface area contributed by atoms with E-state index in [0.717, 1.165) is 5.56 Å². The molecule has 0 saturated heterocycles. The summed E-state index contributed by atoms with van der Waals surface area (Å²) in [6, 6.07) is 13.5. The average Bonchev–Trinajstić information content (AvgIpc) is 2.45. The molecule has 0 saturated carbocycles. The second-order valence-electron chi connectivity index (χ2n) is 4.42. The van der Waals surface area contributed by atoms with Gasteiger partial charge in [0.25, 0.3) is 0 Å². The molecule has 3 nitrogen and oxygen atoms in total. The molecular formula is C16H14FNO2. The van der Waals surface area contributed by atoms with Crippen molar-refractivity contribution in [3.8, 4) is 11.8 Å². The number of aliphatic hydroxyl groups is 1. The van der Waals surface area contributed by atoms with Crippen LogP contribution in [0.1, 0.15) is 29.7 Å². The average molecular weight is 271 g/mol. The van der Waals surface area contributed by atoms with Gasteiger partial charge in [0.1, 0.15) is 18.2 Å². The Morgan fingerprint density at radius 1 is 1.30 bits per heavy atom. The number of nitriles is 1. The second kappa shape index (κ2) is 6.18. The van der Waals surface area contributed by atoms with Crippen molar-refractivity contribution >= 4 is 0 Å². The van der Waals surface area contributed by atoms with Crippen LogP contribution >= 0.6 is 0 Å². The van der Waals surface area contributed by atoms with Crippen LogP contribution in [0.25, 0.3) is 0 Å². The molecule has 20 heavy (non-hydrogen) atoms. The van der Waals surface area contributed by atoms with Crippen molar-refractivity contribution in [3.63, 3.8) is 0 Å². The van der Waals surface area contributed by atoms with E-state index in [0.29, 0.717) is 11.3 Å². The van der Waals surface area contributed by atoms with Gasteiger partial charge in [0.05, 0.1) is 17.7 Å². The number of rotatable bonds is 4. The molecule has 0 aliphatic heterocycles. The predicted octanol–water partition coefficient (Wildman–Crippen LogP) is 3.33. The summed E-state index contributed by atoms with van der Waals surface area (Å²) in [7, 11) is 0. The van der Waals surface area contributed by atoms with E-state index in [1.165, 1.54) is 19.1 Å². The molecule has 0 amide bonds. The highest BCUT2D eigenvalue weighted by atomic mass is 19.1. The largest absolute Gasteiger partial charge is 0.489 e. The Balaban J connectivity index is 2.12. The Morgan fingerprint density at radius 3 is 2.70 bits per heavy atom. The summed E-state index contributed by atoms with van der Waals surface area (Å²) in [4.78, 5) is 0. The standard InChI is InChI=1S/C16H14FNO2/c1-11(19)15-7-6-14(8-16(15)17)20-10-13-5-3-2-4-12(13)9-18/h2-8,11,19H,10H2,1H3/t11-/m1/s1. The summed E-state index contributed by atoms with van der Waals surface area (Å²) in [6.07, 6.45) is -0.858. The molecule has 4 heteroatoms. The molecule has 2 aromatic carbocycles. The molecule has 0 spiro atoms. The molecule has 0 aliphatic carbocycles. The van der Waals surface area contributed by atoms with E-state index in [2.05, 4.69) is 6.07 Å². The summed E-state index contributed by atoms with van der Waals surface area (Å²) in [5.41, 5.74) is 1.51. The Bertz CT molecular complexity index is 647. The molecule has 0 fully saturated rings. The lowest BCUT2D eigenvalue weighted by atomic mass is 10.1. The first kappa shape index (κ1) is 14.0. The fourth-order valence-corrected chi connectivity index (χ4v) is 1.85. The van der Waals surface area contributed by atoms with Crippen LogP contribution < -0.4 is 4.74 Å². The van der Waals surface area contributed by atoms with E-state index in [4.69, 9.17) is 10.00 Å². The Labute approximate surface area is 116 Å². The fourth-order valence-electron chi connectivity index (χ4n) is 1.85. The van der Waals surface area contributed by atoms with Crippen molar-refractivity contribution in [2.75, 3.05) is 0 Å². The maximum Gasteiger partial charge on any atom is 0.132 e. The minimum atomic E-state index is -0.858. The van der Waals surface area contributed by atoms with E-state index < -0.39 is 11.9 Å². The van der Waals surface area contributed by atoms with Crippen LogP contribution in [-0.2, 0) is 6.61 Å². The van der Waals surface area contributed by atoms with Crippen LogP contribution in [-0.4, -0.2) is 5.11 Å². The summed E-state index contributed by atoms with van der Waals surface area (Å²) in [5.74, 6) is -0.147. The Morgan fingerprint density at radius 2 is 2.05 bits per heavy atom. The second-order valence-corrected chi connectivity index (χ2v) is 4.42. The molecule has 102 valence electrons. The van der Waals surface area contributed by atoms with Crippen LogP contribution in [0.5, 0.6) is 5.75 Å². The minimum Gasteiger partial charge on any atom is -0.489 e. The molecule has 0 heterocycles. The molecule has 0 aromatic heterocycles. The number of aliphatic hydroxyl groups excluding tert-OH is 1. The first-order valence-corrected chi connectivity index (χ1v) is 6.20.